The second-order valence-corrected chi connectivity index (χ2v) is 5.54. The van der Waals surface area contributed by atoms with Crippen LogP contribution in [0.3, 0.4) is 0 Å². The highest BCUT2D eigenvalue weighted by Crippen LogP contribution is 2.33. The highest BCUT2D eigenvalue weighted by atomic mass is 35.5. The number of nitrogens with one attached hydrogen (secondary N) is 1. The maximum Gasteiger partial charge on any atom is 0.322 e. The highest BCUT2D eigenvalue weighted by molar-refractivity contribution is 6.33. The first kappa shape index (κ1) is 13.9. The largest absolute Gasteiger partial charge is 0.359 e. The Labute approximate surface area is 127 Å². The van der Waals surface area contributed by atoms with E-state index in [1.54, 1.807) is 17.0 Å². The number of para-hydroxylation sites is 1. The van der Waals surface area contributed by atoms with Gasteiger partial charge in [-0.3, -0.25) is 0 Å². The van der Waals surface area contributed by atoms with Crippen LogP contribution in [0.2, 0.25) is 5.02 Å². The van der Waals surface area contributed by atoms with Gasteiger partial charge in [-0.05, 0) is 31.9 Å². The highest BCUT2D eigenvalue weighted by Gasteiger charge is 2.32. The third-order valence-electron chi connectivity index (χ3n) is 3.60. The Bertz CT molecular complexity index is 656. The Hall–Kier alpha value is -2.01. The van der Waals surface area contributed by atoms with Crippen LogP contribution in [-0.2, 0) is 0 Å². The zero-order chi connectivity index (χ0) is 14.8. The van der Waals surface area contributed by atoms with Crippen molar-refractivity contribution in [1.82, 2.24) is 10.1 Å². The zero-order valence-electron chi connectivity index (χ0n) is 11.7. The summed E-state index contributed by atoms with van der Waals surface area (Å²) in [6.07, 6.45) is 1.82. The summed E-state index contributed by atoms with van der Waals surface area (Å²) in [7, 11) is 0. The minimum Gasteiger partial charge on any atom is -0.359 e. The molecule has 1 N–H and O–H groups in total. The predicted octanol–water partition coefficient (Wildman–Crippen LogP) is 4.01. The number of amides is 2. The van der Waals surface area contributed by atoms with E-state index in [1.165, 1.54) is 0 Å². The Morgan fingerprint density at radius 3 is 3.00 bits per heavy atom. The molecule has 1 aromatic carbocycles. The summed E-state index contributed by atoms with van der Waals surface area (Å²) >= 11 is 6.07. The Morgan fingerprint density at radius 1 is 1.48 bits per heavy atom. The van der Waals surface area contributed by atoms with E-state index in [4.69, 9.17) is 16.1 Å². The number of likely N-dealkylation sites (tertiary alicyclic amines) is 1. The molecule has 1 atom stereocenters. The van der Waals surface area contributed by atoms with E-state index in [9.17, 15) is 4.79 Å². The molecule has 1 fully saturated rings. The van der Waals surface area contributed by atoms with Gasteiger partial charge in [-0.15, -0.1) is 0 Å². The minimum absolute atomic E-state index is 0.0614. The number of hydrogen-bond acceptors (Lipinski definition) is 3. The van der Waals surface area contributed by atoms with Crippen LogP contribution in [0.15, 0.2) is 34.9 Å². The fourth-order valence-corrected chi connectivity index (χ4v) is 2.78. The number of aromatic nitrogens is 1. The van der Waals surface area contributed by atoms with Crippen molar-refractivity contribution >= 4 is 23.3 Å². The Kier molecular flexibility index (Phi) is 3.84. The molecule has 0 aliphatic carbocycles. The summed E-state index contributed by atoms with van der Waals surface area (Å²) in [4.78, 5) is 14.2. The molecule has 0 spiro atoms. The SMILES string of the molecule is Cc1cc([C@@H]2CCCN2C(=O)Nc2ccccc2Cl)on1. The zero-order valence-corrected chi connectivity index (χ0v) is 12.4. The lowest BCUT2D eigenvalue weighted by molar-refractivity contribution is 0.195. The number of carbonyl (C=O) groups excluding carboxylic acids is 1. The molecule has 5 nitrogen and oxygen atoms in total. The van der Waals surface area contributed by atoms with E-state index in [0.717, 1.165) is 24.3 Å². The van der Waals surface area contributed by atoms with Crippen LogP contribution in [-0.4, -0.2) is 22.6 Å². The lowest BCUT2D eigenvalue weighted by Crippen LogP contribution is -2.34. The molecule has 1 aromatic heterocycles. The van der Waals surface area contributed by atoms with Crippen LogP contribution in [0.5, 0.6) is 0 Å². The molecule has 2 heterocycles. The molecule has 0 unspecified atom stereocenters. The smallest absolute Gasteiger partial charge is 0.322 e. The molecule has 2 amide bonds. The number of aryl methyl sites for hydroxylation is 1. The predicted molar refractivity (Wildman–Crippen MR) is 80.4 cm³/mol. The van der Waals surface area contributed by atoms with Gasteiger partial charge in [0.15, 0.2) is 5.76 Å². The molecule has 0 bridgehead atoms. The van der Waals surface area contributed by atoms with Gasteiger partial charge >= 0.3 is 6.03 Å². The van der Waals surface area contributed by atoms with Gasteiger partial charge in [0.05, 0.1) is 22.4 Å². The topological polar surface area (TPSA) is 58.4 Å². The lowest BCUT2D eigenvalue weighted by Gasteiger charge is -2.23. The standard InChI is InChI=1S/C15H16ClN3O2/c1-10-9-14(21-18-10)13-7-4-8-19(13)15(20)17-12-6-3-2-5-11(12)16/h2-3,5-6,9,13H,4,7-8H2,1H3,(H,17,20)/t13-/m0/s1. The summed E-state index contributed by atoms with van der Waals surface area (Å²) in [5.74, 6) is 0.735. The van der Waals surface area contributed by atoms with Gasteiger partial charge in [-0.2, -0.15) is 0 Å². The van der Waals surface area contributed by atoms with Crippen molar-refractivity contribution in [2.75, 3.05) is 11.9 Å². The Balaban J connectivity index is 1.76. The first-order chi connectivity index (χ1) is 10.1. The first-order valence-electron chi connectivity index (χ1n) is 6.90. The van der Waals surface area contributed by atoms with Crippen LogP contribution in [0.1, 0.15) is 30.3 Å². The maximum absolute atomic E-state index is 12.5. The number of benzene rings is 1. The van der Waals surface area contributed by atoms with E-state index in [0.29, 0.717) is 17.3 Å². The fourth-order valence-electron chi connectivity index (χ4n) is 2.60. The van der Waals surface area contributed by atoms with Crippen molar-refractivity contribution < 1.29 is 9.32 Å². The summed E-state index contributed by atoms with van der Waals surface area (Å²) in [6, 6.07) is 8.85. The van der Waals surface area contributed by atoms with Gasteiger partial charge in [0.2, 0.25) is 0 Å². The molecule has 1 saturated heterocycles. The average Bonchev–Trinajstić information content (AvgIpc) is 3.09. The lowest BCUT2D eigenvalue weighted by atomic mass is 10.1. The molecule has 110 valence electrons. The normalized spacial score (nSPS) is 18.0. The van der Waals surface area contributed by atoms with Crippen molar-refractivity contribution in [2.24, 2.45) is 0 Å². The molecule has 0 radical (unpaired) electrons. The number of hydrogen-bond donors (Lipinski definition) is 1. The summed E-state index contributed by atoms with van der Waals surface area (Å²) < 4.78 is 5.30. The van der Waals surface area contributed by atoms with Crippen LogP contribution < -0.4 is 5.32 Å². The van der Waals surface area contributed by atoms with Crippen molar-refractivity contribution in [3.63, 3.8) is 0 Å². The van der Waals surface area contributed by atoms with Gasteiger partial charge in [-0.25, -0.2) is 4.79 Å². The number of carbonyl (C=O) groups is 1. The number of halogens is 1. The number of urea groups is 1. The van der Waals surface area contributed by atoms with Gasteiger partial charge in [0, 0.05) is 12.6 Å². The number of rotatable bonds is 2. The molecular formula is C15H16ClN3O2. The third kappa shape index (κ3) is 2.88. The van der Waals surface area contributed by atoms with Gasteiger partial charge in [-0.1, -0.05) is 28.9 Å². The minimum atomic E-state index is -0.167. The molecule has 1 aliphatic rings. The van der Waals surface area contributed by atoms with E-state index in [-0.39, 0.29) is 12.1 Å². The number of anilines is 1. The summed E-state index contributed by atoms with van der Waals surface area (Å²) in [5.41, 5.74) is 1.44. The van der Waals surface area contributed by atoms with E-state index < -0.39 is 0 Å². The van der Waals surface area contributed by atoms with Crippen molar-refractivity contribution in [3.8, 4) is 0 Å². The van der Waals surface area contributed by atoms with Crippen LogP contribution in [0, 0.1) is 6.92 Å². The van der Waals surface area contributed by atoms with Crippen molar-refractivity contribution in [2.45, 2.75) is 25.8 Å². The summed E-state index contributed by atoms with van der Waals surface area (Å²) in [5, 5.41) is 7.28. The van der Waals surface area contributed by atoms with Crippen LogP contribution in [0.25, 0.3) is 0 Å². The molecule has 1 aliphatic heterocycles. The molecular weight excluding hydrogens is 290 g/mol. The van der Waals surface area contributed by atoms with Crippen LogP contribution >= 0.6 is 11.6 Å². The van der Waals surface area contributed by atoms with Crippen molar-refractivity contribution in [1.29, 1.82) is 0 Å². The molecule has 0 saturated carbocycles. The monoisotopic (exact) mass is 305 g/mol. The number of nitrogens with zero attached hydrogens (tertiary/aromatic N) is 2. The molecule has 3 rings (SSSR count). The molecule has 6 heteroatoms. The summed E-state index contributed by atoms with van der Waals surface area (Å²) in [6.45, 7) is 2.57. The van der Waals surface area contributed by atoms with Crippen molar-refractivity contribution in [3.05, 3.63) is 46.8 Å². The maximum atomic E-state index is 12.5. The fraction of sp³-hybridized carbons (Fsp3) is 0.333. The quantitative estimate of drug-likeness (QED) is 0.912. The third-order valence-corrected chi connectivity index (χ3v) is 3.93. The van der Waals surface area contributed by atoms with Gasteiger partial charge < -0.3 is 14.7 Å². The van der Waals surface area contributed by atoms with Gasteiger partial charge in [0.25, 0.3) is 0 Å². The first-order valence-corrected chi connectivity index (χ1v) is 7.28. The second-order valence-electron chi connectivity index (χ2n) is 5.13. The van der Waals surface area contributed by atoms with Gasteiger partial charge in [0.1, 0.15) is 0 Å². The molecule has 2 aromatic rings. The van der Waals surface area contributed by atoms with E-state index in [2.05, 4.69) is 10.5 Å². The van der Waals surface area contributed by atoms with E-state index in [1.807, 2.05) is 25.1 Å². The van der Waals surface area contributed by atoms with Crippen LogP contribution in [0.4, 0.5) is 10.5 Å². The second kappa shape index (κ2) is 5.77. The molecule has 21 heavy (non-hydrogen) atoms. The Morgan fingerprint density at radius 2 is 2.29 bits per heavy atom. The van der Waals surface area contributed by atoms with E-state index >= 15 is 0 Å². The average molecular weight is 306 g/mol.